The maximum Gasteiger partial charge on any atom is 0.248 e. The third-order valence-corrected chi connectivity index (χ3v) is 7.49. The molecule has 1 unspecified atom stereocenters. The largest absolute Gasteiger partial charge is 0.366 e. The normalized spacial score (nSPS) is 17.9. The maximum atomic E-state index is 11.2. The highest BCUT2D eigenvalue weighted by Crippen LogP contribution is 2.36. The van der Waals surface area contributed by atoms with Crippen LogP contribution in [0.25, 0.3) is 0 Å². The van der Waals surface area contributed by atoms with Gasteiger partial charge in [0.1, 0.15) is 0 Å². The van der Waals surface area contributed by atoms with E-state index in [1.54, 1.807) is 16.7 Å². The van der Waals surface area contributed by atoms with Crippen LogP contribution in [0.2, 0.25) is 0 Å². The molecule has 0 fully saturated rings. The molecule has 1 heterocycles. The van der Waals surface area contributed by atoms with Crippen molar-refractivity contribution in [3.63, 3.8) is 0 Å². The SMILES string of the molecule is CCCN(CCCc1ccc(C(N)=O)cc1)C1CCc2cc3c(cc2C1)SCC3. The fraction of sp³-hybridized carbons (Fsp3) is 0.480. The fourth-order valence-corrected chi connectivity index (χ4v) is 5.93. The van der Waals surface area contributed by atoms with E-state index in [-0.39, 0.29) is 5.91 Å². The highest BCUT2D eigenvalue weighted by molar-refractivity contribution is 7.99. The number of primary amides is 1. The summed E-state index contributed by atoms with van der Waals surface area (Å²) in [4.78, 5) is 15.5. The molecule has 1 atom stereocenters. The Morgan fingerprint density at radius 2 is 1.93 bits per heavy atom. The van der Waals surface area contributed by atoms with Gasteiger partial charge in [0.05, 0.1) is 0 Å². The van der Waals surface area contributed by atoms with Gasteiger partial charge in [-0.15, -0.1) is 11.8 Å². The zero-order chi connectivity index (χ0) is 20.2. The Bertz CT molecular complexity index is 862. The summed E-state index contributed by atoms with van der Waals surface area (Å²) in [5, 5.41) is 0. The second-order valence-electron chi connectivity index (χ2n) is 8.42. The van der Waals surface area contributed by atoms with E-state index in [1.165, 1.54) is 54.9 Å². The number of nitrogens with two attached hydrogens (primary N) is 1. The van der Waals surface area contributed by atoms with Gasteiger partial charge in [0.25, 0.3) is 0 Å². The van der Waals surface area contributed by atoms with E-state index >= 15 is 0 Å². The van der Waals surface area contributed by atoms with Gasteiger partial charge in [-0.05, 0) is 98.5 Å². The molecule has 1 aliphatic heterocycles. The number of carbonyl (C=O) groups is 1. The standard InChI is InChI=1S/C25H32N2OS/c1-2-12-27(13-3-4-18-5-7-19(8-6-18)25(26)28)23-10-9-20-15-21-11-14-29-24(21)17-22(20)16-23/h5-8,15,17,23H,2-4,9-14,16H2,1H3,(H2,26,28). The van der Waals surface area contributed by atoms with Crippen molar-refractivity contribution in [1.29, 1.82) is 0 Å². The Hall–Kier alpha value is -1.78. The lowest BCUT2D eigenvalue weighted by molar-refractivity contribution is 0.100. The molecule has 154 valence electrons. The van der Waals surface area contributed by atoms with Crippen molar-refractivity contribution in [2.24, 2.45) is 5.73 Å². The first-order valence-electron chi connectivity index (χ1n) is 11.0. The predicted octanol–water partition coefficient (Wildman–Crippen LogP) is 4.64. The van der Waals surface area contributed by atoms with E-state index in [4.69, 9.17) is 5.73 Å². The Labute approximate surface area is 179 Å². The molecule has 3 nitrogen and oxygen atoms in total. The molecule has 2 aromatic carbocycles. The summed E-state index contributed by atoms with van der Waals surface area (Å²) in [6.45, 7) is 4.61. The number of fused-ring (bicyclic) bond motifs is 2. The van der Waals surface area contributed by atoms with Gasteiger partial charge in [0.2, 0.25) is 5.91 Å². The van der Waals surface area contributed by atoms with Crippen LogP contribution in [0.3, 0.4) is 0 Å². The highest BCUT2D eigenvalue weighted by Gasteiger charge is 2.25. The summed E-state index contributed by atoms with van der Waals surface area (Å²) in [5.74, 6) is 0.900. The van der Waals surface area contributed by atoms with E-state index in [0.29, 0.717) is 11.6 Å². The number of amides is 1. The van der Waals surface area contributed by atoms with E-state index < -0.39 is 0 Å². The van der Waals surface area contributed by atoms with E-state index in [9.17, 15) is 4.79 Å². The number of hydrogen-bond acceptors (Lipinski definition) is 3. The average molecular weight is 409 g/mol. The molecule has 29 heavy (non-hydrogen) atoms. The van der Waals surface area contributed by atoms with Crippen LogP contribution in [-0.2, 0) is 25.7 Å². The Morgan fingerprint density at radius 3 is 2.69 bits per heavy atom. The quantitative estimate of drug-likeness (QED) is 0.692. The van der Waals surface area contributed by atoms with Crippen molar-refractivity contribution in [3.8, 4) is 0 Å². The summed E-state index contributed by atoms with van der Waals surface area (Å²) >= 11 is 2.03. The Kier molecular flexibility index (Phi) is 6.61. The molecule has 0 saturated carbocycles. The molecule has 2 aliphatic rings. The lowest BCUT2D eigenvalue weighted by Crippen LogP contribution is -2.40. The Morgan fingerprint density at radius 1 is 1.10 bits per heavy atom. The third-order valence-electron chi connectivity index (χ3n) is 6.39. The molecule has 0 spiro atoms. The number of benzene rings is 2. The molecule has 0 bridgehead atoms. The third kappa shape index (κ3) is 4.87. The maximum absolute atomic E-state index is 11.2. The molecule has 1 aliphatic carbocycles. The van der Waals surface area contributed by atoms with E-state index in [0.717, 1.165) is 19.4 Å². The minimum atomic E-state index is -0.354. The molecular formula is C25H32N2OS. The van der Waals surface area contributed by atoms with Gasteiger partial charge in [-0.1, -0.05) is 25.1 Å². The van der Waals surface area contributed by atoms with Gasteiger partial charge in [-0.2, -0.15) is 0 Å². The first-order valence-corrected chi connectivity index (χ1v) is 12.0. The molecule has 4 rings (SSSR count). The van der Waals surface area contributed by atoms with Gasteiger partial charge in [-0.3, -0.25) is 4.79 Å². The van der Waals surface area contributed by atoms with Crippen LogP contribution in [0.1, 0.15) is 58.8 Å². The molecule has 4 heteroatoms. The second-order valence-corrected chi connectivity index (χ2v) is 9.56. The number of hydrogen-bond donors (Lipinski definition) is 1. The first-order chi connectivity index (χ1) is 14.1. The van der Waals surface area contributed by atoms with Crippen molar-refractivity contribution < 1.29 is 4.79 Å². The lowest BCUT2D eigenvalue weighted by atomic mass is 9.86. The average Bonchev–Trinajstić information content (AvgIpc) is 3.18. The zero-order valence-corrected chi connectivity index (χ0v) is 18.3. The number of rotatable bonds is 8. The molecule has 0 radical (unpaired) electrons. The summed E-state index contributed by atoms with van der Waals surface area (Å²) in [6, 6.07) is 13.4. The van der Waals surface area contributed by atoms with Crippen LogP contribution in [0.5, 0.6) is 0 Å². The Balaban J connectivity index is 1.36. The number of aryl methyl sites for hydroxylation is 3. The summed E-state index contributed by atoms with van der Waals surface area (Å²) in [6.07, 6.45) is 8.37. The summed E-state index contributed by atoms with van der Waals surface area (Å²) < 4.78 is 0. The number of thioether (sulfide) groups is 1. The lowest BCUT2D eigenvalue weighted by Gasteiger charge is -2.35. The molecule has 2 N–H and O–H groups in total. The van der Waals surface area contributed by atoms with Gasteiger partial charge in [0, 0.05) is 22.3 Å². The molecular weight excluding hydrogens is 376 g/mol. The van der Waals surface area contributed by atoms with E-state index in [2.05, 4.69) is 24.0 Å². The van der Waals surface area contributed by atoms with Crippen molar-refractivity contribution in [3.05, 3.63) is 64.2 Å². The van der Waals surface area contributed by atoms with Gasteiger partial charge >= 0.3 is 0 Å². The molecule has 1 amide bonds. The minimum Gasteiger partial charge on any atom is -0.366 e. The van der Waals surface area contributed by atoms with Crippen LogP contribution < -0.4 is 5.73 Å². The van der Waals surface area contributed by atoms with Crippen molar-refractivity contribution >= 4 is 17.7 Å². The van der Waals surface area contributed by atoms with Gasteiger partial charge in [0.15, 0.2) is 0 Å². The summed E-state index contributed by atoms with van der Waals surface area (Å²) in [7, 11) is 0. The number of nitrogens with zero attached hydrogens (tertiary/aromatic N) is 1. The molecule has 2 aromatic rings. The van der Waals surface area contributed by atoms with E-state index in [1.807, 2.05) is 36.0 Å². The van der Waals surface area contributed by atoms with Crippen LogP contribution in [-0.4, -0.2) is 35.7 Å². The van der Waals surface area contributed by atoms with Crippen LogP contribution in [0.4, 0.5) is 0 Å². The monoisotopic (exact) mass is 408 g/mol. The van der Waals surface area contributed by atoms with Crippen LogP contribution in [0, 0.1) is 0 Å². The van der Waals surface area contributed by atoms with Crippen molar-refractivity contribution in [2.45, 2.75) is 62.8 Å². The van der Waals surface area contributed by atoms with Crippen LogP contribution in [0.15, 0.2) is 41.3 Å². The van der Waals surface area contributed by atoms with Gasteiger partial charge in [-0.25, -0.2) is 0 Å². The van der Waals surface area contributed by atoms with Gasteiger partial charge < -0.3 is 10.6 Å². The van der Waals surface area contributed by atoms with Crippen molar-refractivity contribution in [2.75, 3.05) is 18.8 Å². The van der Waals surface area contributed by atoms with Crippen molar-refractivity contribution in [1.82, 2.24) is 4.90 Å². The fourth-order valence-electron chi connectivity index (χ4n) is 4.82. The number of carbonyl (C=O) groups excluding carboxylic acids is 1. The molecule has 0 aromatic heterocycles. The summed E-state index contributed by atoms with van der Waals surface area (Å²) in [5.41, 5.74) is 12.0. The minimum absolute atomic E-state index is 0.354. The second kappa shape index (κ2) is 9.36. The molecule has 0 saturated heterocycles. The topological polar surface area (TPSA) is 46.3 Å². The predicted molar refractivity (Wildman–Crippen MR) is 122 cm³/mol. The smallest absolute Gasteiger partial charge is 0.248 e. The van der Waals surface area contributed by atoms with Crippen LogP contribution >= 0.6 is 11.8 Å². The highest BCUT2D eigenvalue weighted by atomic mass is 32.2. The first kappa shape index (κ1) is 20.5. The zero-order valence-electron chi connectivity index (χ0n) is 17.5.